The van der Waals surface area contributed by atoms with E-state index in [4.69, 9.17) is 15.2 Å². The third-order valence-corrected chi connectivity index (χ3v) is 2.85. The molecule has 6 nitrogen and oxygen atoms in total. The molecule has 0 aliphatic carbocycles. The molecule has 1 heterocycles. The largest absolute Gasteiger partial charge is 0.493 e. The molecule has 0 spiro atoms. The number of ether oxygens (including phenoxy) is 2. The maximum Gasteiger partial charge on any atom is 0.251 e. The van der Waals surface area contributed by atoms with Crippen LogP contribution in [0.1, 0.15) is 5.69 Å². The highest BCUT2D eigenvalue weighted by atomic mass is 16.5. The van der Waals surface area contributed by atoms with Crippen LogP contribution in [0.5, 0.6) is 11.5 Å². The van der Waals surface area contributed by atoms with E-state index in [1.165, 1.54) is 6.07 Å². The Morgan fingerprint density at radius 2 is 1.95 bits per heavy atom. The molecule has 0 bridgehead atoms. The fourth-order valence-electron chi connectivity index (χ4n) is 1.90. The Labute approximate surface area is 116 Å². The number of nitrogens with one attached hydrogen (secondary N) is 1. The van der Waals surface area contributed by atoms with E-state index in [0.29, 0.717) is 36.0 Å². The van der Waals surface area contributed by atoms with Gasteiger partial charge in [-0.3, -0.25) is 4.79 Å². The number of rotatable bonds is 5. The standard InChI is InChI=1S/C14H17N3O3/c1-19-11-4-3-9(7-12(11)20-2)14-16-10(5-6-15)8-13(18)17-14/h3-4,7-8H,5-6,15H2,1-2H3,(H,16,17,18). The van der Waals surface area contributed by atoms with Gasteiger partial charge in [-0.1, -0.05) is 0 Å². The van der Waals surface area contributed by atoms with Crippen molar-refractivity contribution in [1.82, 2.24) is 9.97 Å². The summed E-state index contributed by atoms with van der Waals surface area (Å²) in [7, 11) is 3.13. The van der Waals surface area contributed by atoms with Crippen LogP contribution in [0.15, 0.2) is 29.1 Å². The number of benzene rings is 1. The molecule has 0 atom stereocenters. The van der Waals surface area contributed by atoms with Gasteiger partial charge in [0.05, 0.1) is 14.2 Å². The van der Waals surface area contributed by atoms with Crippen LogP contribution in [0, 0.1) is 0 Å². The van der Waals surface area contributed by atoms with Gasteiger partial charge in [-0.25, -0.2) is 4.98 Å². The molecule has 1 aromatic heterocycles. The molecule has 6 heteroatoms. The van der Waals surface area contributed by atoms with E-state index >= 15 is 0 Å². The van der Waals surface area contributed by atoms with Crippen molar-refractivity contribution in [2.75, 3.05) is 20.8 Å². The van der Waals surface area contributed by atoms with Gasteiger partial charge in [0.1, 0.15) is 5.82 Å². The Morgan fingerprint density at radius 1 is 1.20 bits per heavy atom. The van der Waals surface area contributed by atoms with Crippen LogP contribution in [-0.2, 0) is 6.42 Å². The molecular formula is C14H17N3O3. The first-order valence-electron chi connectivity index (χ1n) is 6.20. The molecule has 0 fully saturated rings. The molecule has 2 aromatic rings. The van der Waals surface area contributed by atoms with E-state index in [1.807, 2.05) is 6.07 Å². The first-order valence-corrected chi connectivity index (χ1v) is 6.20. The van der Waals surface area contributed by atoms with Crippen molar-refractivity contribution in [1.29, 1.82) is 0 Å². The Kier molecular flexibility index (Phi) is 4.37. The number of methoxy groups -OCH3 is 2. The summed E-state index contributed by atoms with van der Waals surface area (Å²) in [4.78, 5) is 18.7. The number of hydrogen-bond donors (Lipinski definition) is 2. The summed E-state index contributed by atoms with van der Waals surface area (Å²) in [5.74, 6) is 1.69. The van der Waals surface area contributed by atoms with Crippen molar-refractivity contribution < 1.29 is 9.47 Å². The number of nitrogens with zero attached hydrogens (tertiary/aromatic N) is 1. The number of H-pyrrole nitrogens is 1. The van der Waals surface area contributed by atoms with Crippen LogP contribution in [0.2, 0.25) is 0 Å². The van der Waals surface area contributed by atoms with E-state index in [9.17, 15) is 4.79 Å². The van der Waals surface area contributed by atoms with Gasteiger partial charge in [-0.15, -0.1) is 0 Å². The highest BCUT2D eigenvalue weighted by Crippen LogP contribution is 2.30. The van der Waals surface area contributed by atoms with Crippen molar-refractivity contribution in [3.05, 3.63) is 40.3 Å². The van der Waals surface area contributed by atoms with Crippen LogP contribution in [0.4, 0.5) is 0 Å². The molecule has 20 heavy (non-hydrogen) atoms. The van der Waals surface area contributed by atoms with Gasteiger partial charge in [0.25, 0.3) is 5.56 Å². The summed E-state index contributed by atoms with van der Waals surface area (Å²) in [6, 6.07) is 6.80. The zero-order chi connectivity index (χ0) is 14.5. The molecular weight excluding hydrogens is 258 g/mol. The summed E-state index contributed by atoms with van der Waals surface area (Å²) < 4.78 is 10.4. The number of aromatic amines is 1. The van der Waals surface area contributed by atoms with Crippen molar-refractivity contribution in [3.8, 4) is 22.9 Å². The van der Waals surface area contributed by atoms with E-state index in [0.717, 1.165) is 5.56 Å². The van der Waals surface area contributed by atoms with Crippen LogP contribution < -0.4 is 20.8 Å². The van der Waals surface area contributed by atoms with Gasteiger partial charge in [0.15, 0.2) is 11.5 Å². The Balaban J connectivity index is 2.48. The quantitative estimate of drug-likeness (QED) is 0.848. The minimum Gasteiger partial charge on any atom is -0.493 e. The van der Waals surface area contributed by atoms with Gasteiger partial charge < -0.3 is 20.2 Å². The van der Waals surface area contributed by atoms with Crippen LogP contribution in [-0.4, -0.2) is 30.7 Å². The first-order chi connectivity index (χ1) is 9.67. The van der Waals surface area contributed by atoms with Crippen molar-refractivity contribution in [2.45, 2.75) is 6.42 Å². The molecule has 3 N–H and O–H groups in total. The second-order valence-electron chi connectivity index (χ2n) is 4.19. The van der Waals surface area contributed by atoms with Gasteiger partial charge >= 0.3 is 0 Å². The highest BCUT2D eigenvalue weighted by Gasteiger charge is 2.09. The predicted molar refractivity (Wildman–Crippen MR) is 76.2 cm³/mol. The molecule has 0 saturated heterocycles. The van der Waals surface area contributed by atoms with E-state index in [-0.39, 0.29) is 5.56 Å². The van der Waals surface area contributed by atoms with Crippen molar-refractivity contribution >= 4 is 0 Å². The third-order valence-electron chi connectivity index (χ3n) is 2.85. The van der Waals surface area contributed by atoms with Gasteiger partial charge in [0.2, 0.25) is 0 Å². The molecule has 0 aliphatic rings. The minimum atomic E-state index is -0.201. The average molecular weight is 275 g/mol. The van der Waals surface area contributed by atoms with Gasteiger partial charge in [-0.05, 0) is 24.7 Å². The lowest BCUT2D eigenvalue weighted by molar-refractivity contribution is 0.355. The smallest absolute Gasteiger partial charge is 0.251 e. The minimum absolute atomic E-state index is 0.201. The molecule has 0 unspecified atom stereocenters. The number of aromatic nitrogens is 2. The van der Waals surface area contributed by atoms with E-state index in [2.05, 4.69) is 9.97 Å². The highest BCUT2D eigenvalue weighted by molar-refractivity contribution is 5.61. The second-order valence-corrected chi connectivity index (χ2v) is 4.19. The van der Waals surface area contributed by atoms with E-state index in [1.54, 1.807) is 26.4 Å². The molecule has 0 radical (unpaired) electrons. The molecule has 1 aromatic carbocycles. The topological polar surface area (TPSA) is 90.2 Å². The van der Waals surface area contributed by atoms with Crippen LogP contribution in [0.3, 0.4) is 0 Å². The number of nitrogens with two attached hydrogens (primary N) is 1. The molecule has 0 aliphatic heterocycles. The fourth-order valence-corrected chi connectivity index (χ4v) is 1.90. The summed E-state index contributed by atoms with van der Waals surface area (Å²) >= 11 is 0. The van der Waals surface area contributed by atoms with E-state index < -0.39 is 0 Å². The maximum atomic E-state index is 11.6. The predicted octanol–water partition coefficient (Wildman–Crippen LogP) is 0.955. The Morgan fingerprint density at radius 3 is 2.60 bits per heavy atom. The zero-order valence-electron chi connectivity index (χ0n) is 11.5. The normalized spacial score (nSPS) is 10.3. The maximum absolute atomic E-state index is 11.6. The summed E-state index contributed by atoms with van der Waals surface area (Å²) in [5, 5.41) is 0. The Bertz CT molecular complexity index is 652. The van der Waals surface area contributed by atoms with Crippen LogP contribution >= 0.6 is 0 Å². The Hall–Kier alpha value is -2.34. The zero-order valence-corrected chi connectivity index (χ0v) is 11.5. The van der Waals surface area contributed by atoms with Crippen molar-refractivity contribution in [3.63, 3.8) is 0 Å². The average Bonchev–Trinajstić information content (AvgIpc) is 2.46. The van der Waals surface area contributed by atoms with Gasteiger partial charge in [0, 0.05) is 23.7 Å². The first kappa shape index (κ1) is 14.1. The third kappa shape index (κ3) is 2.97. The van der Waals surface area contributed by atoms with Crippen molar-refractivity contribution in [2.24, 2.45) is 5.73 Å². The monoisotopic (exact) mass is 275 g/mol. The molecule has 106 valence electrons. The van der Waals surface area contributed by atoms with Gasteiger partial charge in [-0.2, -0.15) is 0 Å². The molecule has 0 amide bonds. The summed E-state index contributed by atoms with van der Waals surface area (Å²) in [5.41, 5.74) is 6.71. The lowest BCUT2D eigenvalue weighted by atomic mass is 10.1. The summed E-state index contributed by atoms with van der Waals surface area (Å²) in [6.07, 6.45) is 0.560. The SMILES string of the molecule is COc1ccc(-c2nc(CCN)cc(=O)[nH]2)cc1OC. The van der Waals surface area contributed by atoms with Crippen LogP contribution in [0.25, 0.3) is 11.4 Å². The lowest BCUT2D eigenvalue weighted by Gasteiger charge is -2.09. The lowest BCUT2D eigenvalue weighted by Crippen LogP contribution is -2.13. The molecule has 0 saturated carbocycles. The number of hydrogen-bond acceptors (Lipinski definition) is 5. The molecule has 2 rings (SSSR count). The fraction of sp³-hybridized carbons (Fsp3) is 0.286. The second kappa shape index (κ2) is 6.21. The summed E-state index contributed by atoms with van der Waals surface area (Å²) in [6.45, 7) is 0.446.